The quantitative estimate of drug-likeness (QED) is 0.826. The van der Waals surface area contributed by atoms with Crippen molar-refractivity contribution in [3.8, 4) is 11.1 Å². The molecule has 0 radical (unpaired) electrons. The molecule has 1 aliphatic rings. The fraction of sp³-hybridized carbons (Fsp3) is 0.250. The van der Waals surface area contributed by atoms with E-state index < -0.39 is 0 Å². The van der Waals surface area contributed by atoms with Crippen LogP contribution in [0.2, 0.25) is 5.02 Å². The van der Waals surface area contributed by atoms with Gasteiger partial charge >= 0.3 is 0 Å². The second-order valence-electron chi connectivity index (χ2n) is 4.97. The van der Waals surface area contributed by atoms with Gasteiger partial charge in [-0.05, 0) is 53.8 Å². The third-order valence-electron chi connectivity index (χ3n) is 3.37. The summed E-state index contributed by atoms with van der Waals surface area (Å²) in [6.45, 7) is 0.906. The second kappa shape index (κ2) is 5.66. The fourth-order valence-electron chi connectivity index (χ4n) is 2.17. The maximum atomic E-state index is 6.15. The van der Waals surface area contributed by atoms with Gasteiger partial charge < -0.3 is 5.32 Å². The summed E-state index contributed by atoms with van der Waals surface area (Å²) in [5.74, 6) is 0. The molecule has 0 unspecified atom stereocenters. The first-order valence-electron chi connectivity index (χ1n) is 6.50. The molecule has 1 fully saturated rings. The highest BCUT2D eigenvalue weighted by Crippen LogP contribution is 2.29. The van der Waals surface area contributed by atoms with Gasteiger partial charge in [-0.3, -0.25) is 0 Å². The van der Waals surface area contributed by atoms with Crippen LogP contribution >= 0.6 is 27.5 Å². The molecule has 0 aliphatic heterocycles. The Morgan fingerprint density at radius 3 is 2.74 bits per heavy atom. The minimum atomic E-state index is 0.714. The van der Waals surface area contributed by atoms with Crippen molar-refractivity contribution in [2.24, 2.45) is 0 Å². The van der Waals surface area contributed by atoms with Gasteiger partial charge in [0.05, 0.1) is 0 Å². The Morgan fingerprint density at radius 1 is 1.16 bits per heavy atom. The molecule has 0 spiro atoms. The monoisotopic (exact) mass is 335 g/mol. The Kier molecular flexibility index (Phi) is 3.92. The summed E-state index contributed by atoms with van der Waals surface area (Å²) in [4.78, 5) is 0. The molecule has 0 atom stereocenters. The maximum absolute atomic E-state index is 6.15. The van der Waals surface area contributed by atoms with Crippen LogP contribution in [0.15, 0.2) is 46.9 Å². The summed E-state index contributed by atoms with van der Waals surface area (Å²) >= 11 is 9.68. The van der Waals surface area contributed by atoms with E-state index in [0.29, 0.717) is 6.04 Å². The summed E-state index contributed by atoms with van der Waals surface area (Å²) in [7, 11) is 0. The fourth-order valence-corrected chi connectivity index (χ4v) is 2.74. The molecule has 3 heteroatoms. The molecule has 0 aromatic heterocycles. The topological polar surface area (TPSA) is 12.0 Å². The lowest BCUT2D eigenvalue weighted by Crippen LogP contribution is -2.15. The van der Waals surface area contributed by atoms with Crippen molar-refractivity contribution in [1.82, 2.24) is 5.32 Å². The summed E-state index contributed by atoms with van der Waals surface area (Å²) in [5, 5.41) is 4.34. The molecule has 98 valence electrons. The Balaban J connectivity index is 1.94. The van der Waals surface area contributed by atoms with Gasteiger partial charge in [0.15, 0.2) is 0 Å². The average molecular weight is 337 g/mol. The normalized spacial score (nSPS) is 14.6. The van der Waals surface area contributed by atoms with Gasteiger partial charge in [0.2, 0.25) is 0 Å². The van der Waals surface area contributed by atoms with Crippen LogP contribution in [-0.2, 0) is 6.54 Å². The number of hydrogen-bond acceptors (Lipinski definition) is 1. The molecule has 0 bridgehead atoms. The van der Waals surface area contributed by atoms with Crippen molar-refractivity contribution in [1.29, 1.82) is 0 Å². The summed E-state index contributed by atoms with van der Waals surface area (Å²) in [6.07, 6.45) is 2.61. The van der Waals surface area contributed by atoms with Crippen LogP contribution in [0.4, 0.5) is 0 Å². The first-order valence-corrected chi connectivity index (χ1v) is 7.67. The van der Waals surface area contributed by atoms with Crippen molar-refractivity contribution >= 4 is 27.5 Å². The van der Waals surface area contributed by atoms with E-state index in [1.807, 2.05) is 18.2 Å². The van der Waals surface area contributed by atoms with Gasteiger partial charge in [-0.25, -0.2) is 0 Å². The highest BCUT2D eigenvalue weighted by Gasteiger charge is 2.20. The highest BCUT2D eigenvalue weighted by molar-refractivity contribution is 9.10. The van der Waals surface area contributed by atoms with Crippen LogP contribution in [0.1, 0.15) is 18.4 Å². The van der Waals surface area contributed by atoms with Gasteiger partial charge in [0.1, 0.15) is 0 Å². The summed E-state index contributed by atoms with van der Waals surface area (Å²) in [5.41, 5.74) is 3.71. The van der Waals surface area contributed by atoms with Gasteiger partial charge in [-0.15, -0.1) is 0 Å². The van der Waals surface area contributed by atoms with E-state index in [4.69, 9.17) is 11.6 Å². The van der Waals surface area contributed by atoms with Crippen LogP contribution in [-0.4, -0.2) is 6.04 Å². The van der Waals surface area contributed by atoms with Crippen LogP contribution < -0.4 is 5.32 Å². The molecule has 0 amide bonds. The molecule has 1 saturated carbocycles. The predicted molar refractivity (Wildman–Crippen MR) is 84.4 cm³/mol. The van der Waals surface area contributed by atoms with E-state index in [0.717, 1.165) is 16.0 Å². The van der Waals surface area contributed by atoms with Crippen LogP contribution in [0.3, 0.4) is 0 Å². The van der Waals surface area contributed by atoms with E-state index in [-0.39, 0.29) is 0 Å². The molecule has 0 saturated heterocycles. The van der Waals surface area contributed by atoms with Crippen LogP contribution in [0.25, 0.3) is 11.1 Å². The summed E-state index contributed by atoms with van der Waals surface area (Å²) in [6, 6.07) is 15.2. The number of benzene rings is 2. The molecule has 0 heterocycles. The smallest absolute Gasteiger partial charge is 0.0412 e. The van der Waals surface area contributed by atoms with Crippen molar-refractivity contribution in [3.05, 3.63) is 57.5 Å². The number of rotatable bonds is 4. The zero-order valence-corrected chi connectivity index (χ0v) is 12.8. The molecule has 1 nitrogen and oxygen atoms in total. The maximum Gasteiger partial charge on any atom is 0.0412 e. The Bertz CT molecular complexity index is 593. The van der Waals surface area contributed by atoms with Crippen LogP contribution in [0.5, 0.6) is 0 Å². The molecule has 3 rings (SSSR count). The molecule has 1 aliphatic carbocycles. The average Bonchev–Trinajstić information content (AvgIpc) is 3.21. The van der Waals surface area contributed by atoms with Gasteiger partial charge in [0, 0.05) is 22.1 Å². The third-order valence-corrected chi connectivity index (χ3v) is 4.09. The van der Waals surface area contributed by atoms with Crippen molar-refractivity contribution < 1.29 is 0 Å². The molecule has 2 aromatic carbocycles. The van der Waals surface area contributed by atoms with Crippen LogP contribution in [0, 0.1) is 0 Å². The molecule has 1 N–H and O–H groups in total. The first-order chi connectivity index (χ1) is 9.22. The molecule has 19 heavy (non-hydrogen) atoms. The first kappa shape index (κ1) is 13.2. The van der Waals surface area contributed by atoms with E-state index in [9.17, 15) is 0 Å². The Morgan fingerprint density at radius 2 is 2.00 bits per heavy atom. The van der Waals surface area contributed by atoms with Crippen molar-refractivity contribution in [3.63, 3.8) is 0 Å². The van der Waals surface area contributed by atoms with Gasteiger partial charge in [-0.2, -0.15) is 0 Å². The van der Waals surface area contributed by atoms with E-state index in [1.54, 1.807) is 0 Å². The molecular weight excluding hydrogens is 322 g/mol. The highest BCUT2D eigenvalue weighted by atomic mass is 79.9. The SMILES string of the molecule is Clc1ccc(CNC2CC2)c(-c2cccc(Br)c2)c1. The third kappa shape index (κ3) is 3.38. The molecule has 2 aromatic rings. The van der Waals surface area contributed by atoms with E-state index in [1.165, 1.54) is 29.5 Å². The van der Waals surface area contributed by atoms with Crippen molar-refractivity contribution in [2.45, 2.75) is 25.4 Å². The van der Waals surface area contributed by atoms with E-state index >= 15 is 0 Å². The van der Waals surface area contributed by atoms with Gasteiger partial charge in [0.25, 0.3) is 0 Å². The lowest BCUT2D eigenvalue weighted by Gasteiger charge is -2.11. The number of halogens is 2. The number of nitrogens with one attached hydrogen (secondary N) is 1. The minimum Gasteiger partial charge on any atom is -0.310 e. The van der Waals surface area contributed by atoms with Gasteiger partial charge in [-0.1, -0.05) is 45.7 Å². The second-order valence-corrected chi connectivity index (χ2v) is 6.32. The zero-order valence-electron chi connectivity index (χ0n) is 10.5. The Labute approximate surface area is 127 Å². The van der Waals surface area contributed by atoms with E-state index in [2.05, 4.69) is 45.5 Å². The zero-order chi connectivity index (χ0) is 13.2. The largest absolute Gasteiger partial charge is 0.310 e. The lowest BCUT2D eigenvalue weighted by atomic mass is 9.99. The minimum absolute atomic E-state index is 0.714. The predicted octanol–water partition coefficient (Wildman–Crippen LogP) is 5.02. The van der Waals surface area contributed by atoms with Crippen molar-refractivity contribution in [2.75, 3.05) is 0 Å². The summed E-state index contributed by atoms with van der Waals surface area (Å²) < 4.78 is 1.09. The lowest BCUT2D eigenvalue weighted by molar-refractivity contribution is 0.689. The standard InChI is InChI=1S/C16H15BrClN/c17-13-3-1-2-11(8-13)16-9-14(18)5-4-12(16)10-19-15-6-7-15/h1-5,8-9,15,19H,6-7,10H2. The Hall–Kier alpha value is -0.830. The molecular formula is C16H15BrClN. The number of hydrogen-bond donors (Lipinski definition) is 1.